The third-order valence-electron chi connectivity index (χ3n) is 4.17. The topological polar surface area (TPSA) is 68.3 Å². The molecule has 0 aromatic heterocycles. The van der Waals surface area contributed by atoms with Crippen LogP contribution in [-0.4, -0.2) is 27.3 Å². The molecular weight excluding hydrogens is 315 g/mol. The lowest BCUT2D eigenvalue weighted by atomic mass is 10.00. The largest absolute Gasteiger partial charge is 0.224 e. The van der Waals surface area contributed by atoms with E-state index in [0.29, 0.717) is 19.3 Å². The van der Waals surface area contributed by atoms with Gasteiger partial charge >= 0.3 is 0 Å². The maximum Gasteiger partial charge on any atom is 0.183 e. The quantitative estimate of drug-likeness (QED) is 0.792. The molecule has 0 spiro atoms. The zero-order chi connectivity index (χ0) is 15.3. The van der Waals surface area contributed by atoms with Crippen LogP contribution in [0.2, 0.25) is 0 Å². The van der Waals surface area contributed by atoms with Crippen molar-refractivity contribution in [1.29, 1.82) is 0 Å². The van der Waals surface area contributed by atoms with Gasteiger partial charge in [-0.3, -0.25) is 0 Å². The minimum atomic E-state index is -3.70. The van der Waals surface area contributed by atoms with Crippen LogP contribution in [0.3, 0.4) is 0 Å². The third-order valence-corrected chi connectivity index (χ3v) is 8.79. The Hall–Kier alpha value is -1.21. The van der Waals surface area contributed by atoms with Crippen molar-refractivity contribution < 1.29 is 21.2 Å². The molecule has 1 aromatic rings. The summed E-state index contributed by atoms with van der Waals surface area (Å²) in [5, 5.41) is -0.844. The lowest BCUT2D eigenvalue weighted by Gasteiger charge is -2.34. The van der Waals surface area contributed by atoms with E-state index in [2.05, 4.69) is 0 Å². The Labute approximate surface area is 123 Å². The van der Waals surface area contributed by atoms with E-state index in [1.165, 1.54) is 12.1 Å². The van der Waals surface area contributed by atoms with Crippen LogP contribution in [0.25, 0.3) is 4.91 Å². The van der Waals surface area contributed by atoms with E-state index in [1.807, 2.05) is 0 Å². The summed E-state index contributed by atoms with van der Waals surface area (Å²) >= 11 is 0. The van der Waals surface area contributed by atoms with E-state index in [9.17, 15) is 21.2 Å². The van der Waals surface area contributed by atoms with Gasteiger partial charge in [-0.15, -0.1) is 0 Å². The van der Waals surface area contributed by atoms with Crippen molar-refractivity contribution in [3.8, 4) is 0 Å². The molecule has 0 amide bonds. The summed E-state index contributed by atoms with van der Waals surface area (Å²) in [6, 6.07) is 4.87. The van der Waals surface area contributed by atoms with Crippen molar-refractivity contribution in [1.82, 2.24) is 0 Å². The maximum absolute atomic E-state index is 13.0. The molecule has 0 radical (unpaired) electrons. The van der Waals surface area contributed by atoms with Gasteiger partial charge in [-0.2, -0.15) is 0 Å². The number of benzene rings is 1. The van der Waals surface area contributed by atoms with Gasteiger partial charge in [0.05, 0.1) is 20.8 Å². The van der Waals surface area contributed by atoms with Gasteiger partial charge in [0, 0.05) is 0 Å². The second-order valence-corrected chi connectivity index (χ2v) is 9.64. The Morgan fingerprint density at radius 1 is 0.905 bits per heavy atom. The number of fused-ring (bicyclic) bond motifs is 1. The van der Waals surface area contributed by atoms with E-state index >= 15 is 0 Å². The highest BCUT2D eigenvalue weighted by atomic mass is 32.2. The van der Waals surface area contributed by atoms with Gasteiger partial charge in [0.1, 0.15) is 5.82 Å². The number of sulfone groups is 2. The Morgan fingerprint density at radius 2 is 1.48 bits per heavy atom. The molecule has 7 heteroatoms. The number of halogens is 1. The Balaban J connectivity index is 2.19. The summed E-state index contributed by atoms with van der Waals surface area (Å²) in [7, 11) is -7.30. The van der Waals surface area contributed by atoms with Gasteiger partial charge in [0.25, 0.3) is 0 Å². The Morgan fingerprint density at radius 3 is 2.10 bits per heavy atom. The molecule has 1 aliphatic heterocycles. The van der Waals surface area contributed by atoms with Gasteiger partial charge in [-0.1, -0.05) is 25.0 Å². The molecule has 2 aliphatic rings. The number of rotatable bonds is 1. The van der Waals surface area contributed by atoms with Crippen LogP contribution >= 0.6 is 0 Å². The first kappa shape index (κ1) is 14.7. The van der Waals surface area contributed by atoms with E-state index in [-0.39, 0.29) is 10.5 Å². The maximum atomic E-state index is 13.0. The van der Waals surface area contributed by atoms with Gasteiger partial charge in [-0.05, 0) is 30.5 Å². The highest BCUT2D eigenvalue weighted by Gasteiger charge is 2.48. The first-order valence-electron chi connectivity index (χ1n) is 6.78. The van der Waals surface area contributed by atoms with Crippen LogP contribution in [0.1, 0.15) is 31.2 Å². The van der Waals surface area contributed by atoms with Crippen LogP contribution in [0, 0.1) is 5.82 Å². The van der Waals surface area contributed by atoms with Crippen LogP contribution in [0.15, 0.2) is 29.7 Å². The predicted molar refractivity (Wildman–Crippen MR) is 78.3 cm³/mol. The summed E-state index contributed by atoms with van der Waals surface area (Å²) in [5.74, 6) is -0.494. The zero-order valence-electron chi connectivity index (χ0n) is 11.2. The lowest BCUT2D eigenvalue weighted by Crippen LogP contribution is -2.44. The van der Waals surface area contributed by atoms with Crippen LogP contribution in [0.4, 0.5) is 4.39 Å². The van der Waals surface area contributed by atoms with Gasteiger partial charge < -0.3 is 0 Å². The van der Waals surface area contributed by atoms with Crippen LogP contribution in [0.5, 0.6) is 0 Å². The van der Waals surface area contributed by atoms with Crippen LogP contribution in [-0.2, 0) is 19.7 Å². The first-order chi connectivity index (χ1) is 9.82. The van der Waals surface area contributed by atoms with E-state index < -0.39 is 36.0 Å². The van der Waals surface area contributed by atoms with E-state index in [0.717, 1.165) is 24.0 Å². The second kappa shape index (κ2) is 4.91. The molecule has 2 unspecified atom stereocenters. The average Bonchev–Trinajstić information content (AvgIpc) is 2.45. The molecule has 1 fully saturated rings. The number of hydrogen-bond acceptors (Lipinski definition) is 4. The molecule has 21 heavy (non-hydrogen) atoms. The fourth-order valence-corrected chi connectivity index (χ4v) is 8.42. The van der Waals surface area contributed by atoms with Crippen molar-refractivity contribution >= 4 is 24.6 Å². The fraction of sp³-hybridized carbons (Fsp3) is 0.429. The Kier molecular flexibility index (Phi) is 3.44. The molecule has 1 aliphatic carbocycles. The molecule has 4 nitrogen and oxygen atoms in total. The molecule has 1 saturated carbocycles. The molecule has 3 rings (SSSR count). The predicted octanol–water partition coefficient (Wildman–Crippen LogP) is 2.28. The minimum Gasteiger partial charge on any atom is -0.224 e. The van der Waals surface area contributed by atoms with Gasteiger partial charge in [0.15, 0.2) is 19.7 Å². The lowest BCUT2D eigenvalue weighted by molar-refractivity contribution is 0.474. The summed E-state index contributed by atoms with van der Waals surface area (Å²) in [5.41, 5.74) is 0.226. The molecule has 1 aromatic carbocycles. The SMILES string of the molecule is O=S1(=O)C=C(c2ccc(F)cc2)S(=O)(=O)C2CCCCC21. The van der Waals surface area contributed by atoms with E-state index in [1.54, 1.807) is 0 Å². The fourth-order valence-electron chi connectivity index (χ4n) is 3.11. The van der Waals surface area contributed by atoms with Gasteiger partial charge in [0.2, 0.25) is 0 Å². The molecule has 0 bridgehead atoms. The van der Waals surface area contributed by atoms with E-state index in [4.69, 9.17) is 0 Å². The highest BCUT2D eigenvalue weighted by molar-refractivity contribution is 8.06. The highest BCUT2D eigenvalue weighted by Crippen LogP contribution is 2.41. The molecule has 0 saturated heterocycles. The standard InChI is InChI=1S/C14H15FO4S2/c15-11-7-5-10(6-8-11)14-9-20(16,17)12-3-1-2-4-13(12)21(14,18)19/h5-9,12-13H,1-4H2. The van der Waals surface area contributed by atoms with Crippen LogP contribution < -0.4 is 0 Å². The average molecular weight is 330 g/mol. The summed E-state index contributed by atoms with van der Waals surface area (Å²) in [6.07, 6.45) is 2.20. The summed E-state index contributed by atoms with van der Waals surface area (Å²) in [6.45, 7) is 0. The minimum absolute atomic E-state index is 0.203. The van der Waals surface area contributed by atoms with Gasteiger partial charge in [-0.25, -0.2) is 21.2 Å². The van der Waals surface area contributed by atoms with Crippen molar-refractivity contribution in [2.24, 2.45) is 0 Å². The second-order valence-electron chi connectivity index (χ2n) is 5.48. The van der Waals surface area contributed by atoms with Crippen molar-refractivity contribution in [3.63, 3.8) is 0 Å². The summed E-state index contributed by atoms with van der Waals surface area (Å²) < 4.78 is 63.0. The molecule has 1 heterocycles. The molecule has 0 N–H and O–H groups in total. The zero-order valence-corrected chi connectivity index (χ0v) is 12.8. The third kappa shape index (κ3) is 2.42. The summed E-state index contributed by atoms with van der Waals surface area (Å²) in [4.78, 5) is -0.203. The molecule has 114 valence electrons. The Bertz CT molecular complexity index is 792. The van der Waals surface area contributed by atoms with Crippen molar-refractivity contribution in [2.45, 2.75) is 36.2 Å². The normalized spacial score (nSPS) is 30.2. The van der Waals surface area contributed by atoms with Crippen molar-refractivity contribution in [3.05, 3.63) is 41.1 Å². The molecular formula is C14H15FO4S2. The number of hydrogen-bond donors (Lipinski definition) is 0. The smallest absolute Gasteiger partial charge is 0.183 e. The van der Waals surface area contributed by atoms with Crippen molar-refractivity contribution in [2.75, 3.05) is 0 Å². The molecule has 2 atom stereocenters. The monoisotopic (exact) mass is 330 g/mol. The first-order valence-corrected chi connectivity index (χ1v) is 9.93.